The van der Waals surface area contributed by atoms with Crippen molar-refractivity contribution < 1.29 is 14.6 Å². The van der Waals surface area contributed by atoms with Gasteiger partial charge in [0.1, 0.15) is 0 Å². The first-order chi connectivity index (χ1) is 8.08. The second-order valence-corrected chi connectivity index (χ2v) is 3.09. The van der Waals surface area contributed by atoms with Crippen LogP contribution in [0.3, 0.4) is 0 Å². The van der Waals surface area contributed by atoms with Crippen LogP contribution in [-0.2, 0) is 4.74 Å². The highest BCUT2D eigenvalue weighted by Crippen LogP contribution is 1.83. The first kappa shape index (κ1) is 18.0. The van der Waals surface area contributed by atoms with Gasteiger partial charge in [-0.3, -0.25) is 0 Å². The Balaban J connectivity index is 0. The van der Waals surface area contributed by atoms with Gasteiger partial charge < -0.3 is 26.6 Å². The lowest BCUT2D eigenvalue weighted by Gasteiger charge is -2.09. The zero-order valence-corrected chi connectivity index (χ0v) is 10.1. The predicted molar refractivity (Wildman–Crippen MR) is 68.5 cm³/mol. The molecule has 0 rings (SSSR count). The van der Waals surface area contributed by atoms with Crippen LogP contribution >= 0.6 is 0 Å². The second kappa shape index (κ2) is 14.6. The largest absolute Gasteiger partial charge is 0.389 e. The molecule has 100 valence electrons. The van der Waals surface area contributed by atoms with E-state index >= 15 is 0 Å². The molecule has 6 nitrogen and oxygen atoms in total. The van der Waals surface area contributed by atoms with Crippen molar-refractivity contribution in [3.05, 3.63) is 25.3 Å². The predicted octanol–water partition coefficient (Wildman–Crippen LogP) is -0.261. The van der Waals surface area contributed by atoms with E-state index in [9.17, 15) is 4.79 Å². The first-order valence-corrected chi connectivity index (χ1v) is 5.29. The van der Waals surface area contributed by atoms with Crippen LogP contribution in [0.15, 0.2) is 25.3 Å². The maximum atomic E-state index is 10.2. The van der Waals surface area contributed by atoms with Crippen LogP contribution in [0.1, 0.15) is 6.42 Å². The van der Waals surface area contributed by atoms with Crippen molar-refractivity contribution in [3.8, 4) is 0 Å². The second-order valence-electron chi connectivity index (χ2n) is 3.09. The van der Waals surface area contributed by atoms with Gasteiger partial charge in [-0.15, -0.1) is 13.2 Å². The summed E-state index contributed by atoms with van der Waals surface area (Å²) in [6.07, 6.45) is 3.59. The summed E-state index contributed by atoms with van der Waals surface area (Å²) in [5, 5.41) is 11.4. The average molecular weight is 245 g/mol. The van der Waals surface area contributed by atoms with Crippen LogP contribution in [0.4, 0.5) is 4.79 Å². The summed E-state index contributed by atoms with van der Waals surface area (Å²) in [5.41, 5.74) is 9.85. The molecule has 2 amide bonds. The van der Waals surface area contributed by atoms with Gasteiger partial charge in [0.15, 0.2) is 0 Å². The summed E-state index contributed by atoms with van der Waals surface area (Å²) in [4.78, 5) is 10.2. The van der Waals surface area contributed by atoms with E-state index in [1.54, 1.807) is 12.2 Å². The Kier molecular flexibility index (Phi) is 15.5. The van der Waals surface area contributed by atoms with Crippen molar-refractivity contribution >= 4 is 6.03 Å². The summed E-state index contributed by atoms with van der Waals surface area (Å²) in [7, 11) is 0. The highest BCUT2D eigenvalue weighted by Gasteiger charge is 2.03. The molecule has 0 aliphatic heterocycles. The quantitative estimate of drug-likeness (QED) is 0.349. The van der Waals surface area contributed by atoms with E-state index in [4.69, 9.17) is 21.3 Å². The molecule has 0 saturated heterocycles. The summed E-state index contributed by atoms with van der Waals surface area (Å²) < 4.78 is 4.92. The van der Waals surface area contributed by atoms with Crippen LogP contribution in [0.5, 0.6) is 0 Å². The van der Waals surface area contributed by atoms with Gasteiger partial charge in [-0.1, -0.05) is 12.2 Å². The molecule has 1 unspecified atom stereocenters. The molecule has 6 heteroatoms. The van der Waals surface area contributed by atoms with Crippen LogP contribution in [-0.4, -0.2) is 43.5 Å². The Hall–Kier alpha value is -1.37. The Morgan fingerprint density at radius 2 is 2.12 bits per heavy atom. The third kappa shape index (κ3) is 20.7. The molecule has 0 aliphatic rings. The van der Waals surface area contributed by atoms with E-state index in [0.717, 1.165) is 13.0 Å². The molecule has 0 bridgehead atoms. The SMILES string of the molecule is C=CCCN.C=CCOCC(O)CNC(N)=O. The van der Waals surface area contributed by atoms with Gasteiger partial charge in [-0.05, 0) is 13.0 Å². The molecule has 0 aliphatic carbocycles. The lowest BCUT2D eigenvalue weighted by molar-refractivity contribution is 0.0510. The number of primary amides is 1. The standard InChI is InChI=1S/C7H14N2O3.C4H9N/c1-2-3-12-5-6(10)4-9-7(8)11;1-2-3-4-5/h2,6,10H,1,3-5H2,(H3,8,9,11);2H,1,3-5H2. The van der Waals surface area contributed by atoms with E-state index in [1.807, 2.05) is 0 Å². The van der Waals surface area contributed by atoms with E-state index in [-0.39, 0.29) is 13.2 Å². The van der Waals surface area contributed by atoms with Gasteiger partial charge in [0.25, 0.3) is 0 Å². The Labute approximate surface area is 102 Å². The van der Waals surface area contributed by atoms with Crippen molar-refractivity contribution in [2.24, 2.45) is 11.5 Å². The van der Waals surface area contributed by atoms with Crippen LogP contribution in [0.2, 0.25) is 0 Å². The van der Waals surface area contributed by atoms with Gasteiger partial charge in [0.2, 0.25) is 0 Å². The molecule has 6 N–H and O–H groups in total. The van der Waals surface area contributed by atoms with E-state index < -0.39 is 12.1 Å². The molecule has 0 heterocycles. The van der Waals surface area contributed by atoms with Gasteiger partial charge in [0, 0.05) is 6.54 Å². The Morgan fingerprint density at radius 1 is 1.47 bits per heavy atom. The number of urea groups is 1. The third-order valence-electron chi connectivity index (χ3n) is 1.43. The number of nitrogens with one attached hydrogen (secondary N) is 1. The molecule has 0 aromatic rings. The molecule has 0 aromatic heterocycles. The lowest BCUT2D eigenvalue weighted by atomic mass is 10.4. The number of rotatable bonds is 8. The maximum absolute atomic E-state index is 10.2. The minimum Gasteiger partial charge on any atom is -0.389 e. The maximum Gasteiger partial charge on any atom is 0.312 e. The third-order valence-corrected chi connectivity index (χ3v) is 1.43. The topological polar surface area (TPSA) is 111 Å². The number of carbonyl (C=O) groups is 1. The molecular weight excluding hydrogens is 222 g/mol. The zero-order valence-electron chi connectivity index (χ0n) is 10.1. The summed E-state index contributed by atoms with van der Waals surface area (Å²) in [5.74, 6) is 0. The smallest absolute Gasteiger partial charge is 0.312 e. The van der Waals surface area contributed by atoms with Gasteiger partial charge >= 0.3 is 6.03 Å². The first-order valence-electron chi connectivity index (χ1n) is 5.29. The number of nitrogens with two attached hydrogens (primary N) is 2. The van der Waals surface area contributed by atoms with Gasteiger partial charge in [0.05, 0.1) is 19.3 Å². The highest BCUT2D eigenvalue weighted by molar-refractivity contribution is 5.71. The molecule has 0 spiro atoms. The van der Waals surface area contributed by atoms with Gasteiger partial charge in [-0.25, -0.2) is 4.79 Å². The normalized spacial score (nSPS) is 10.7. The number of carbonyl (C=O) groups excluding carboxylic acids is 1. The van der Waals surface area contributed by atoms with Crippen molar-refractivity contribution in [3.63, 3.8) is 0 Å². The minimum atomic E-state index is -0.725. The fourth-order valence-corrected chi connectivity index (χ4v) is 0.683. The fourth-order valence-electron chi connectivity index (χ4n) is 0.683. The van der Waals surface area contributed by atoms with Crippen molar-refractivity contribution in [2.75, 3.05) is 26.3 Å². The van der Waals surface area contributed by atoms with E-state index in [0.29, 0.717) is 6.61 Å². The highest BCUT2D eigenvalue weighted by atomic mass is 16.5. The van der Waals surface area contributed by atoms with E-state index in [2.05, 4.69) is 18.5 Å². The van der Waals surface area contributed by atoms with Gasteiger partial charge in [-0.2, -0.15) is 0 Å². The number of hydrogen-bond donors (Lipinski definition) is 4. The molecule has 0 radical (unpaired) electrons. The van der Waals surface area contributed by atoms with Crippen molar-refractivity contribution in [1.82, 2.24) is 5.32 Å². The molecule has 0 fully saturated rings. The molecule has 17 heavy (non-hydrogen) atoms. The van der Waals surface area contributed by atoms with Crippen LogP contribution in [0, 0.1) is 0 Å². The number of hydrogen-bond acceptors (Lipinski definition) is 4. The Bertz CT molecular complexity index is 210. The van der Waals surface area contributed by atoms with Crippen LogP contribution < -0.4 is 16.8 Å². The summed E-state index contributed by atoms with van der Waals surface area (Å²) >= 11 is 0. The summed E-state index contributed by atoms with van der Waals surface area (Å²) in [6, 6.07) is -0.655. The molecular formula is C11H23N3O3. The fraction of sp³-hybridized carbons (Fsp3) is 0.545. The Morgan fingerprint density at radius 3 is 2.47 bits per heavy atom. The molecule has 1 atom stereocenters. The number of amides is 2. The molecule has 0 aromatic carbocycles. The minimum absolute atomic E-state index is 0.104. The van der Waals surface area contributed by atoms with E-state index in [1.165, 1.54) is 0 Å². The lowest BCUT2D eigenvalue weighted by Crippen LogP contribution is -2.37. The molecule has 0 saturated carbocycles. The number of aliphatic hydroxyl groups excluding tert-OH is 1. The number of aliphatic hydroxyl groups is 1. The monoisotopic (exact) mass is 245 g/mol. The van der Waals surface area contributed by atoms with Crippen molar-refractivity contribution in [1.29, 1.82) is 0 Å². The number of ether oxygens (including phenoxy) is 1. The summed E-state index contributed by atoms with van der Waals surface area (Å²) in [6.45, 7) is 8.28. The zero-order chi connectivity index (χ0) is 13.5. The van der Waals surface area contributed by atoms with Crippen molar-refractivity contribution in [2.45, 2.75) is 12.5 Å². The van der Waals surface area contributed by atoms with Crippen LogP contribution in [0.25, 0.3) is 0 Å². The average Bonchev–Trinajstić information content (AvgIpc) is 2.29.